The lowest BCUT2D eigenvalue weighted by Crippen LogP contribution is -2.44. The summed E-state index contributed by atoms with van der Waals surface area (Å²) < 4.78 is 1.90. The minimum absolute atomic E-state index is 0.0289. The third-order valence-corrected chi connectivity index (χ3v) is 6.63. The first-order valence-electron chi connectivity index (χ1n) is 9.53. The second-order valence-electron chi connectivity index (χ2n) is 7.77. The van der Waals surface area contributed by atoms with E-state index in [9.17, 15) is 4.79 Å². The van der Waals surface area contributed by atoms with E-state index in [1.807, 2.05) is 23.6 Å². The van der Waals surface area contributed by atoms with Crippen molar-refractivity contribution in [2.45, 2.75) is 52.2 Å². The van der Waals surface area contributed by atoms with E-state index in [0.717, 1.165) is 29.8 Å². The number of aromatic nitrogens is 2. The van der Waals surface area contributed by atoms with Crippen molar-refractivity contribution in [2.24, 2.45) is 7.05 Å². The molecule has 0 aliphatic heterocycles. The van der Waals surface area contributed by atoms with Crippen LogP contribution in [0.1, 0.15) is 46.3 Å². The molecule has 2 aromatic heterocycles. The highest BCUT2D eigenvalue weighted by Gasteiger charge is 2.34. The molecular weight excluding hydrogens is 358 g/mol. The Morgan fingerprint density at radius 2 is 2.07 bits per heavy atom. The maximum Gasteiger partial charge on any atom is 0.318 e. The quantitative estimate of drug-likeness (QED) is 0.790. The van der Waals surface area contributed by atoms with Crippen LogP contribution in [0.4, 0.5) is 4.79 Å². The molecular formula is C20H31N5OS. The Kier molecular flexibility index (Phi) is 5.91. The summed E-state index contributed by atoms with van der Waals surface area (Å²) in [6.07, 6.45) is 2.18. The summed E-state index contributed by atoms with van der Waals surface area (Å²) in [5, 5.41) is 9.81. The van der Waals surface area contributed by atoms with Crippen molar-refractivity contribution in [1.82, 2.24) is 24.9 Å². The Bertz CT molecular complexity index is 805. The number of hydrogen-bond acceptors (Lipinski definition) is 4. The van der Waals surface area contributed by atoms with Gasteiger partial charge in [-0.1, -0.05) is 0 Å². The molecule has 7 heteroatoms. The Hall–Kier alpha value is -1.86. The van der Waals surface area contributed by atoms with Gasteiger partial charge in [-0.3, -0.25) is 4.68 Å². The van der Waals surface area contributed by atoms with Gasteiger partial charge >= 0.3 is 6.03 Å². The minimum Gasteiger partial charge on any atom is -0.336 e. The summed E-state index contributed by atoms with van der Waals surface area (Å²) in [7, 11) is 6.09. The van der Waals surface area contributed by atoms with Crippen LogP contribution in [-0.4, -0.2) is 52.3 Å². The average Bonchev–Trinajstić information content (AvgIpc) is 3.31. The van der Waals surface area contributed by atoms with Gasteiger partial charge in [-0.05, 0) is 64.7 Å². The first-order chi connectivity index (χ1) is 12.8. The first kappa shape index (κ1) is 19.9. The standard InChI is InChI=1S/C20H31N5OS/c1-13-9-10-27-19(13)18(23(4)5)11-21-20(26)25(16-7-8-16)12-17-14(2)22-24(6)15(17)3/h9-10,16,18H,7-8,11-12H2,1-6H3,(H,21,26)/t18-/m1/s1. The normalized spacial score (nSPS) is 15.2. The van der Waals surface area contributed by atoms with Crippen molar-refractivity contribution in [3.05, 3.63) is 38.8 Å². The molecule has 2 heterocycles. The topological polar surface area (TPSA) is 53.4 Å². The highest BCUT2D eigenvalue weighted by Crippen LogP contribution is 2.30. The summed E-state index contributed by atoms with van der Waals surface area (Å²) in [6, 6.07) is 2.71. The fraction of sp³-hybridized carbons (Fsp3) is 0.600. The lowest BCUT2D eigenvalue weighted by atomic mass is 10.1. The van der Waals surface area contributed by atoms with Crippen LogP contribution in [0.15, 0.2) is 11.4 Å². The number of amides is 2. The molecule has 148 valence electrons. The molecule has 1 aliphatic carbocycles. The van der Waals surface area contributed by atoms with Crippen LogP contribution in [0.5, 0.6) is 0 Å². The molecule has 1 N–H and O–H groups in total. The molecule has 2 amide bonds. The van der Waals surface area contributed by atoms with Gasteiger partial charge in [0.15, 0.2) is 0 Å². The minimum atomic E-state index is 0.0289. The van der Waals surface area contributed by atoms with Crippen molar-refractivity contribution in [1.29, 1.82) is 0 Å². The van der Waals surface area contributed by atoms with Crippen molar-refractivity contribution in [3.8, 4) is 0 Å². The number of carbonyl (C=O) groups is 1. The molecule has 0 aromatic carbocycles. The number of hydrogen-bond donors (Lipinski definition) is 1. The zero-order valence-electron chi connectivity index (χ0n) is 17.2. The van der Waals surface area contributed by atoms with E-state index in [0.29, 0.717) is 19.1 Å². The van der Waals surface area contributed by atoms with Gasteiger partial charge in [-0.25, -0.2) is 4.79 Å². The molecule has 1 aliphatic rings. The Morgan fingerprint density at radius 3 is 2.56 bits per heavy atom. The first-order valence-corrected chi connectivity index (χ1v) is 10.4. The van der Waals surface area contributed by atoms with Gasteiger partial charge in [0, 0.05) is 35.8 Å². The van der Waals surface area contributed by atoms with E-state index in [1.54, 1.807) is 11.3 Å². The van der Waals surface area contributed by atoms with Crippen molar-refractivity contribution in [2.75, 3.05) is 20.6 Å². The maximum atomic E-state index is 13.0. The molecule has 1 fully saturated rings. The predicted molar refractivity (Wildman–Crippen MR) is 110 cm³/mol. The van der Waals surface area contributed by atoms with Crippen molar-refractivity contribution >= 4 is 17.4 Å². The molecule has 1 atom stereocenters. The number of likely N-dealkylation sites (N-methyl/N-ethyl adjacent to an activating group) is 1. The van der Waals surface area contributed by atoms with Gasteiger partial charge in [-0.15, -0.1) is 11.3 Å². The molecule has 0 spiro atoms. The molecule has 0 bridgehead atoms. The molecule has 6 nitrogen and oxygen atoms in total. The second-order valence-corrected chi connectivity index (χ2v) is 8.71. The van der Waals surface area contributed by atoms with Crippen LogP contribution >= 0.6 is 11.3 Å². The van der Waals surface area contributed by atoms with Gasteiger partial charge < -0.3 is 15.1 Å². The van der Waals surface area contributed by atoms with Gasteiger partial charge in [0.1, 0.15) is 0 Å². The van der Waals surface area contributed by atoms with Gasteiger partial charge in [-0.2, -0.15) is 5.10 Å². The Balaban J connectivity index is 1.69. The number of rotatable bonds is 7. The zero-order valence-corrected chi connectivity index (χ0v) is 18.1. The smallest absolute Gasteiger partial charge is 0.318 e. The number of nitrogens with zero attached hydrogens (tertiary/aromatic N) is 4. The molecule has 1 saturated carbocycles. The molecule has 0 unspecified atom stereocenters. The van der Waals surface area contributed by atoms with E-state index in [-0.39, 0.29) is 12.1 Å². The molecule has 0 radical (unpaired) electrons. The van der Waals surface area contributed by atoms with E-state index in [1.165, 1.54) is 10.4 Å². The monoisotopic (exact) mass is 389 g/mol. The number of aryl methyl sites for hydroxylation is 3. The Labute approximate surface area is 166 Å². The third kappa shape index (κ3) is 4.35. The molecule has 0 saturated heterocycles. The number of carbonyl (C=O) groups excluding carboxylic acids is 1. The highest BCUT2D eigenvalue weighted by molar-refractivity contribution is 7.10. The molecule has 3 rings (SSSR count). The summed E-state index contributed by atoms with van der Waals surface area (Å²) >= 11 is 1.76. The van der Waals surface area contributed by atoms with E-state index in [4.69, 9.17) is 0 Å². The lowest BCUT2D eigenvalue weighted by Gasteiger charge is -2.28. The predicted octanol–water partition coefficient (Wildman–Crippen LogP) is 3.38. The van der Waals surface area contributed by atoms with E-state index < -0.39 is 0 Å². The summed E-state index contributed by atoms with van der Waals surface area (Å²) in [4.78, 5) is 18.5. The van der Waals surface area contributed by atoms with Gasteiger partial charge in [0.2, 0.25) is 0 Å². The van der Waals surface area contributed by atoms with E-state index in [2.05, 4.69) is 54.7 Å². The van der Waals surface area contributed by atoms with Crippen LogP contribution in [0.2, 0.25) is 0 Å². The summed E-state index contributed by atoms with van der Waals surface area (Å²) in [5.41, 5.74) is 4.59. The van der Waals surface area contributed by atoms with Crippen molar-refractivity contribution in [3.63, 3.8) is 0 Å². The lowest BCUT2D eigenvalue weighted by molar-refractivity contribution is 0.186. The van der Waals surface area contributed by atoms with Crippen LogP contribution in [0.3, 0.4) is 0 Å². The highest BCUT2D eigenvalue weighted by atomic mass is 32.1. The Morgan fingerprint density at radius 1 is 1.37 bits per heavy atom. The van der Waals surface area contributed by atoms with Gasteiger partial charge in [0.05, 0.1) is 18.3 Å². The number of urea groups is 1. The van der Waals surface area contributed by atoms with Crippen LogP contribution in [-0.2, 0) is 13.6 Å². The maximum absolute atomic E-state index is 13.0. The van der Waals surface area contributed by atoms with E-state index >= 15 is 0 Å². The SMILES string of the molecule is Cc1ccsc1[C@@H](CNC(=O)N(Cc1c(C)nn(C)c1C)C1CC1)N(C)C. The number of nitrogens with one attached hydrogen (secondary N) is 1. The van der Waals surface area contributed by atoms with Crippen LogP contribution in [0.25, 0.3) is 0 Å². The third-order valence-electron chi connectivity index (χ3n) is 5.51. The van der Waals surface area contributed by atoms with Gasteiger partial charge in [0.25, 0.3) is 0 Å². The van der Waals surface area contributed by atoms with Crippen LogP contribution < -0.4 is 5.32 Å². The average molecular weight is 390 g/mol. The molecule has 2 aromatic rings. The summed E-state index contributed by atoms with van der Waals surface area (Å²) in [6.45, 7) is 7.47. The number of thiophene rings is 1. The summed E-state index contributed by atoms with van der Waals surface area (Å²) in [5.74, 6) is 0. The molecule has 27 heavy (non-hydrogen) atoms. The fourth-order valence-electron chi connectivity index (χ4n) is 3.49. The fourth-order valence-corrected chi connectivity index (χ4v) is 4.61. The van der Waals surface area contributed by atoms with Crippen molar-refractivity contribution < 1.29 is 4.79 Å². The second kappa shape index (κ2) is 8.02. The largest absolute Gasteiger partial charge is 0.336 e. The zero-order chi connectivity index (χ0) is 19.7. The van der Waals surface area contributed by atoms with Crippen LogP contribution in [0, 0.1) is 20.8 Å².